The van der Waals surface area contributed by atoms with Crippen molar-refractivity contribution in [3.63, 3.8) is 0 Å². The summed E-state index contributed by atoms with van der Waals surface area (Å²) in [5, 5.41) is 12.1. The number of hydrogen-bond acceptors (Lipinski definition) is 3. The van der Waals surface area contributed by atoms with E-state index in [9.17, 15) is 4.79 Å². The van der Waals surface area contributed by atoms with E-state index in [2.05, 4.69) is 22.3 Å². The predicted molar refractivity (Wildman–Crippen MR) is 65.9 cm³/mol. The second kappa shape index (κ2) is 5.80. The van der Waals surface area contributed by atoms with Crippen LogP contribution in [-0.2, 0) is 4.79 Å². The molecule has 0 aliphatic carbocycles. The molecular weight excluding hydrogens is 216 g/mol. The molecule has 0 bridgehead atoms. The number of nitrogens with zero attached hydrogens (tertiary/aromatic N) is 1. The van der Waals surface area contributed by atoms with Crippen molar-refractivity contribution in [2.45, 2.75) is 12.5 Å². The molecule has 1 aliphatic heterocycles. The zero-order valence-electron chi connectivity index (χ0n) is 9.80. The number of aliphatic carboxylic acids is 1. The second-order valence-corrected chi connectivity index (χ2v) is 4.36. The maximum absolute atomic E-state index is 10.6. The minimum Gasteiger partial charge on any atom is -0.481 e. The van der Waals surface area contributed by atoms with E-state index < -0.39 is 5.97 Å². The number of nitrogens with one attached hydrogen (secondary N) is 1. The standard InChI is InChI=1S/C13H18N2O2/c16-13(17)6-8-15-9-7-14-12(10-15)11-4-2-1-3-5-11/h1-5,12,14H,6-10H2,(H,16,17)/t12-/m1/s1. The molecule has 1 atom stereocenters. The minimum atomic E-state index is -0.722. The molecule has 1 heterocycles. The van der Waals surface area contributed by atoms with Crippen LogP contribution in [0.15, 0.2) is 30.3 Å². The van der Waals surface area contributed by atoms with Crippen LogP contribution in [0.5, 0.6) is 0 Å². The third kappa shape index (κ3) is 3.54. The van der Waals surface area contributed by atoms with Crippen LogP contribution in [0.2, 0.25) is 0 Å². The lowest BCUT2D eigenvalue weighted by Gasteiger charge is -2.33. The zero-order chi connectivity index (χ0) is 12.1. The second-order valence-electron chi connectivity index (χ2n) is 4.36. The lowest BCUT2D eigenvalue weighted by molar-refractivity contribution is -0.137. The summed E-state index contributed by atoms with van der Waals surface area (Å²) in [5.74, 6) is -0.722. The van der Waals surface area contributed by atoms with Crippen LogP contribution in [-0.4, -0.2) is 42.2 Å². The number of piperazine rings is 1. The molecule has 0 aromatic heterocycles. The third-order valence-electron chi connectivity index (χ3n) is 3.10. The normalized spacial score (nSPS) is 21.3. The maximum atomic E-state index is 10.6. The van der Waals surface area contributed by atoms with Crippen molar-refractivity contribution in [2.75, 3.05) is 26.2 Å². The van der Waals surface area contributed by atoms with Gasteiger partial charge < -0.3 is 10.4 Å². The number of rotatable bonds is 4. The molecule has 1 saturated heterocycles. The minimum absolute atomic E-state index is 0.224. The van der Waals surface area contributed by atoms with Gasteiger partial charge in [0, 0.05) is 32.2 Å². The highest BCUT2D eigenvalue weighted by atomic mass is 16.4. The molecule has 1 fully saturated rings. The Morgan fingerprint density at radius 2 is 2.18 bits per heavy atom. The van der Waals surface area contributed by atoms with Gasteiger partial charge in [-0.1, -0.05) is 30.3 Å². The van der Waals surface area contributed by atoms with E-state index in [0.29, 0.717) is 12.6 Å². The van der Waals surface area contributed by atoms with E-state index >= 15 is 0 Å². The fraction of sp³-hybridized carbons (Fsp3) is 0.462. The molecule has 2 N–H and O–H groups in total. The largest absolute Gasteiger partial charge is 0.481 e. The number of carbonyl (C=O) groups is 1. The van der Waals surface area contributed by atoms with Gasteiger partial charge in [-0.15, -0.1) is 0 Å². The third-order valence-corrected chi connectivity index (χ3v) is 3.10. The zero-order valence-corrected chi connectivity index (χ0v) is 9.80. The molecule has 2 rings (SSSR count). The van der Waals surface area contributed by atoms with Crippen LogP contribution in [0.25, 0.3) is 0 Å². The first-order valence-corrected chi connectivity index (χ1v) is 5.98. The summed E-state index contributed by atoms with van der Waals surface area (Å²) < 4.78 is 0. The Hall–Kier alpha value is -1.39. The monoisotopic (exact) mass is 234 g/mol. The average molecular weight is 234 g/mol. The molecule has 0 spiro atoms. The fourth-order valence-corrected chi connectivity index (χ4v) is 2.18. The number of carboxylic acid groups (broad SMARTS) is 1. The molecule has 0 unspecified atom stereocenters. The highest BCUT2D eigenvalue weighted by Gasteiger charge is 2.20. The van der Waals surface area contributed by atoms with Crippen LogP contribution in [0.4, 0.5) is 0 Å². The highest BCUT2D eigenvalue weighted by molar-refractivity contribution is 5.66. The Balaban J connectivity index is 1.91. The number of carboxylic acids is 1. The van der Waals surface area contributed by atoms with E-state index in [0.717, 1.165) is 19.6 Å². The van der Waals surface area contributed by atoms with Gasteiger partial charge in [-0.3, -0.25) is 9.69 Å². The Kier molecular flexibility index (Phi) is 4.12. The summed E-state index contributed by atoms with van der Waals surface area (Å²) in [6, 6.07) is 10.6. The van der Waals surface area contributed by atoms with E-state index in [1.807, 2.05) is 18.2 Å². The first-order chi connectivity index (χ1) is 8.25. The van der Waals surface area contributed by atoms with E-state index in [4.69, 9.17) is 5.11 Å². The van der Waals surface area contributed by atoms with E-state index in [1.165, 1.54) is 5.56 Å². The van der Waals surface area contributed by atoms with Crippen molar-refractivity contribution in [2.24, 2.45) is 0 Å². The molecular formula is C13H18N2O2. The van der Waals surface area contributed by atoms with Crippen molar-refractivity contribution < 1.29 is 9.90 Å². The van der Waals surface area contributed by atoms with E-state index in [-0.39, 0.29) is 6.42 Å². The van der Waals surface area contributed by atoms with Gasteiger partial charge in [0.05, 0.1) is 6.42 Å². The average Bonchev–Trinajstić information content (AvgIpc) is 2.38. The molecule has 92 valence electrons. The van der Waals surface area contributed by atoms with Gasteiger partial charge in [0.25, 0.3) is 0 Å². The summed E-state index contributed by atoms with van der Waals surface area (Å²) in [7, 11) is 0. The van der Waals surface area contributed by atoms with Crippen molar-refractivity contribution in [3.8, 4) is 0 Å². The van der Waals surface area contributed by atoms with Gasteiger partial charge in [-0.2, -0.15) is 0 Å². The smallest absolute Gasteiger partial charge is 0.304 e. The molecule has 4 nitrogen and oxygen atoms in total. The van der Waals surface area contributed by atoms with E-state index in [1.54, 1.807) is 0 Å². The molecule has 0 amide bonds. The first kappa shape index (κ1) is 12.1. The van der Waals surface area contributed by atoms with Crippen LogP contribution >= 0.6 is 0 Å². The van der Waals surface area contributed by atoms with Crippen molar-refractivity contribution in [1.29, 1.82) is 0 Å². The van der Waals surface area contributed by atoms with Crippen molar-refractivity contribution >= 4 is 5.97 Å². The molecule has 1 aromatic rings. The van der Waals surface area contributed by atoms with Gasteiger partial charge in [-0.05, 0) is 5.56 Å². The maximum Gasteiger partial charge on any atom is 0.304 e. The lowest BCUT2D eigenvalue weighted by Crippen LogP contribution is -2.46. The quantitative estimate of drug-likeness (QED) is 0.819. The number of hydrogen-bond donors (Lipinski definition) is 2. The van der Waals surface area contributed by atoms with Gasteiger partial charge in [0.2, 0.25) is 0 Å². The van der Waals surface area contributed by atoms with Crippen LogP contribution < -0.4 is 5.32 Å². The lowest BCUT2D eigenvalue weighted by atomic mass is 10.0. The Bertz CT molecular complexity index is 367. The fourth-order valence-electron chi connectivity index (χ4n) is 2.18. The molecule has 17 heavy (non-hydrogen) atoms. The van der Waals surface area contributed by atoms with Gasteiger partial charge in [0.15, 0.2) is 0 Å². The van der Waals surface area contributed by atoms with Crippen LogP contribution in [0.1, 0.15) is 18.0 Å². The summed E-state index contributed by atoms with van der Waals surface area (Å²) in [5.41, 5.74) is 1.27. The Morgan fingerprint density at radius 1 is 1.41 bits per heavy atom. The molecule has 4 heteroatoms. The van der Waals surface area contributed by atoms with Crippen molar-refractivity contribution in [1.82, 2.24) is 10.2 Å². The summed E-state index contributed by atoms with van der Waals surface area (Å²) in [6.45, 7) is 3.37. The SMILES string of the molecule is O=C(O)CCN1CCN[C@@H](c2ccccc2)C1. The Morgan fingerprint density at radius 3 is 2.88 bits per heavy atom. The molecule has 0 saturated carbocycles. The van der Waals surface area contributed by atoms with Gasteiger partial charge in [-0.25, -0.2) is 0 Å². The van der Waals surface area contributed by atoms with Gasteiger partial charge >= 0.3 is 5.97 Å². The predicted octanol–water partition coefficient (Wildman–Crippen LogP) is 1.11. The van der Waals surface area contributed by atoms with Gasteiger partial charge in [0.1, 0.15) is 0 Å². The molecule has 1 aliphatic rings. The Labute approximate surface area is 101 Å². The van der Waals surface area contributed by atoms with Crippen LogP contribution in [0.3, 0.4) is 0 Å². The van der Waals surface area contributed by atoms with Crippen LogP contribution in [0, 0.1) is 0 Å². The summed E-state index contributed by atoms with van der Waals surface area (Å²) in [6.07, 6.45) is 0.224. The molecule has 1 aromatic carbocycles. The summed E-state index contributed by atoms with van der Waals surface area (Å²) in [4.78, 5) is 12.8. The molecule has 0 radical (unpaired) electrons. The number of benzene rings is 1. The highest BCUT2D eigenvalue weighted by Crippen LogP contribution is 2.16. The van der Waals surface area contributed by atoms with Crippen molar-refractivity contribution in [3.05, 3.63) is 35.9 Å². The summed E-state index contributed by atoms with van der Waals surface area (Å²) >= 11 is 0. The first-order valence-electron chi connectivity index (χ1n) is 5.98. The topological polar surface area (TPSA) is 52.6 Å².